The summed E-state index contributed by atoms with van der Waals surface area (Å²) in [5.74, 6) is 0.174. The Morgan fingerprint density at radius 2 is 2.06 bits per heavy atom. The van der Waals surface area contributed by atoms with Crippen LogP contribution in [0.4, 0.5) is 0 Å². The molecule has 1 atom stereocenters. The molecule has 2 rings (SSSR count). The van der Waals surface area contributed by atoms with Gasteiger partial charge in [-0.25, -0.2) is 5.01 Å². The van der Waals surface area contributed by atoms with Crippen LogP contribution in [-0.4, -0.2) is 29.2 Å². The summed E-state index contributed by atoms with van der Waals surface area (Å²) in [5.41, 5.74) is 6.70. The Kier molecular flexibility index (Phi) is 4.75. The number of hydrazone groups is 1. The van der Waals surface area contributed by atoms with E-state index in [1.807, 2.05) is 0 Å². The maximum atomic E-state index is 12.4. The van der Waals surface area contributed by atoms with Gasteiger partial charge >= 0.3 is 0 Å². The molecular weight excluding hydrogens is 226 g/mol. The topological polar surface area (TPSA) is 58.7 Å². The molecule has 1 aliphatic carbocycles. The van der Waals surface area contributed by atoms with E-state index in [9.17, 15) is 4.79 Å². The lowest BCUT2D eigenvalue weighted by Crippen LogP contribution is -2.37. The molecule has 0 aromatic heterocycles. The van der Waals surface area contributed by atoms with Crippen molar-refractivity contribution in [2.75, 3.05) is 6.54 Å². The van der Waals surface area contributed by atoms with Crippen LogP contribution < -0.4 is 5.73 Å². The van der Waals surface area contributed by atoms with Gasteiger partial charge in [-0.1, -0.05) is 32.6 Å². The van der Waals surface area contributed by atoms with Crippen LogP contribution in [0.25, 0.3) is 0 Å². The van der Waals surface area contributed by atoms with Crippen LogP contribution in [-0.2, 0) is 4.79 Å². The highest BCUT2D eigenvalue weighted by Crippen LogP contribution is 2.29. The van der Waals surface area contributed by atoms with Gasteiger partial charge in [-0.2, -0.15) is 5.10 Å². The second-order valence-electron chi connectivity index (χ2n) is 5.45. The molecule has 102 valence electrons. The number of hydrogen-bond acceptors (Lipinski definition) is 3. The molecule has 1 heterocycles. The van der Waals surface area contributed by atoms with Gasteiger partial charge in [0.25, 0.3) is 5.91 Å². The Bertz CT molecular complexity index is 321. The SMILES string of the molecule is CCCC1=NN(C2CCCCC2)C(=O)C1CCN. The van der Waals surface area contributed by atoms with E-state index in [1.165, 1.54) is 19.3 Å². The van der Waals surface area contributed by atoms with Gasteiger partial charge in [0.05, 0.1) is 17.7 Å². The van der Waals surface area contributed by atoms with E-state index in [-0.39, 0.29) is 11.8 Å². The molecule has 4 heteroatoms. The summed E-state index contributed by atoms with van der Waals surface area (Å²) >= 11 is 0. The highest BCUT2D eigenvalue weighted by Gasteiger charge is 2.38. The van der Waals surface area contributed by atoms with Gasteiger partial charge < -0.3 is 5.73 Å². The zero-order valence-electron chi connectivity index (χ0n) is 11.4. The number of nitrogens with two attached hydrogens (primary N) is 1. The van der Waals surface area contributed by atoms with Crippen molar-refractivity contribution in [2.24, 2.45) is 16.8 Å². The minimum atomic E-state index is -0.0307. The smallest absolute Gasteiger partial charge is 0.251 e. The van der Waals surface area contributed by atoms with E-state index in [4.69, 9.17) is 5.73 Å². The van der Waals surface area contributed by atoms with E-state index in [1.54, 1.807) is 5.01 Å². The van der Waals surface area contributed by atoms with E-state index >= 15 is 0 Å². The van der Waals surface area contributed by atoms with Crippen molar-refractivity contribution in [3.63, 3.8) is 0 Å². The van der Waals surface area contributed by atoms with Gasteiger partial charge in [-0.15, -0.1) is 0 Å². The Hall–Kier alpha value is -0.900. The van der Waals surface area contributed by atoms with Crippen LogP contribution >= 0.6 is 0 Å². The Labute approximate surface area is 110 Å². The largest absolute Gasteiger partial charge is 0.330 e. The monoisotopic (exact) mass is 251 g/mol. The zero-order chi connectivity index (χ0) is 13.0. The third-order valence-electron chi connectivity index (χ3n) is 4.04. The average molecular weight is 251 g/mol. The lowest BCUT2D eigenvalue weighted by atomic mass is 9.93. The molecule has 4 nitrogen and oxygen atoms in total. The summed E-state index contributed by atoms with van der Waals surface area (Å²) in [6.07, 6.45) is 8.72. The first-order chi connectivity index (χ1) is 8.77. The summed E-state index contributed by atoms with van der Waals surface area (Å²) in [4.78, 5) is 12.4. The van der Waals surface area contributed by atoms with Crippen molar-refractivity contribution < 1.29 is 4.79 Å². The molecule has 18 heavy (non-hydrogen) atoms. The number of rotatable bonds is 5. The normalized spacial score (nSPS) is 25.7. The molecule has 0 aromatic rings. The van der Waals surface area contributed by atoms with E-state index in [0.29, 0.717) is 12.6 Å². The fraction of sp³-hybridized carbons (Fsp3) is 0.857. The maximum absolute atomic E-state index is 12.4. The molecule has 2 aliphatic rings. The number of nitrogens with zero attached hydrogens (tertiary/aromatic N) is 2. The van der Waals surface area contributed by atoms with E-state index < -0.39 is 0 Å². The molecule has 1 amide bonds. The molecule has 0 radical (unpaired) electrons. The van der Waals surface area contributed by atoms with Crippen LogP contribution in [0, 0.1) is 5.92 Å². The van der Waals surface area contributed by atoms with E-state index in [0.717, 1.165) is 37.8 Å². The fourth-order valence-electron chi connectivity index (χ4n) is 3.08. The van der Waals surface area contributed by atoms with Gasteiger partial charge in [0, 0.05) is 0 Å². The van der Waals surface area contributed by atoms with Crippen molar-refractivity contribution in [1.82, 2.24) is 5.01 Å². The van der Waals surface area contributed by atoms with Gasteiger partial charge in [-0.3, -0.25) is 4.79 Å². The Morgan fingerprint density at radius 1 is 1.33 bits per heavy atom. The number of hydrogen-bond donors (Lipinski definition) is 1. The lowest BCUT2D eigenvalue weighted by molar-refractivity contribution is -0.134. The maximum Gasteiger partial charge on any atom is 0.251 e. The summed E-state index contributed by atoms with van der Waals surface area (Å²) < 4.78 is 0. The predicted molar refractivity (Wildman–Crippen MR) is 73.2 cm³/mol. The van der Waals surface area contributed by atoms with Gasteiger partial charge in [0.1, 0.15) is 0 Å². The molecule has 0 saturated heterocycles. The Morgan fingerprint density at radius 3 is 2.67 bits per heavy atom. The molecule has 0 aromatic carbocycles. The van der Waals surface area contributed by atoms with Crippen molar-refractivity contribution >= 4 is 11.6 Å². The summed E-state index contributed by atoms with van der Waals surface area (Å²) in [6.45, 7) is 2.70. The lowest BCUT2D eigenvalue weighted by Gasteiger charge is -2.28. The molecule has 0 spiro atoms. The first-order valence-electron chi connectivity index (χ1n) is 7.38. The fourth-order valence-corrected chi connectivity index (χ4v) is 3.08. The molecule has 0 bridgehead atoms. The highest BCUT2D eigenvalue weighted by atomic mass is 16.2. The molecule has 1 fully saturated rings. The zero-order valence-corrected chi connectivity index (χ0v) is 11.4. The molecule has 2 N–H and O–H groups in total. The quantitative estimate of drug-likeness (QED) is 0.815. The predicted octanol–water partition coefficient (Wildman–Crippen LogP) is 2.28. The summed E-state index contributed by atoms with van der Waals surface area (Å²) in [6, 6.07) is 0.348. The van der Waals surface area contributed by atoms with Crippen LogP contribution in [0.1, 0.15) is 58.3 Å². The standard InChI is InChI=1S/C14H25N3O/c1-2-6-13-12(9-10-15)14(18)17(16-13)11-7-4-3-5-8-11/h11-12H,2-10,15H2,1H3. The van der Waals surface area contributed by atoms with Crippen LogP contribution in [0.3, 0.4) is 0 Å². The third-order valence-corrected chi connectivity index (χ3v) is 4.04. The van der Waals surface area contributed by atoms with Crippen LogP contribution in [0.2, 0.25) is 0 Å². The first-order valence-corrected chi connectivity index (χ1v) is 7.38. The molecule has 1 unspecified atom stereocenters. The molecule has 1 aliphatic heterocycles. The van der Waals surface area contributed by atoms with Gasteiger partial charge in [0.15, 0.2) is 0 Å². The average Bonchev–Trinajstić information content (AvgIpc) is 2.70. The number of amides is 1. The minimum absolute atomic E-state index is 0.0307. The van der Waals surface area contributed by atoms with Crippen molar-refractivity contribution in [3.05, 3.63) is 0 Å². The van der Waals surface area contributed by atoms with Crippen LogP contribution in [0.15, 0.2) is 5.10 Å². The summed E-state index contributed by atoms with van der Waals surface area (Å²) in [5, 5.41) is 6.42. The minimum Gasteiger partial charge on any atom is -0.330 e. The molecule has 1 saturated carbocycles. The summed E-state index contributed by atoms with van der Waals surface area (Å²) in [7, 11) is 0. The highest BCUT2D eigenvalue weighted by molar-refractivity contribution is 6.08. The van der Waals surface area contributed by atoms with Crippen LogP contribution in [0.5, 0.6) is 0 Å². The second-order valence-corrected chi connectivity index (χ2v) is 5.45. The van der Waals surface area contributed by atoms with E-state index in [2.05, 4.69) is 12.0 Å². The number of carbonyl (C=O) groups is 1. The Balaban J connectivity index is 2.08. The molecular formula is C14H25N3O. The second kappa shape index (κ2) is 6.32. The van der Waals surface area contributed by atoms with Crippen molar-refractivity contribution in [2.45, 2.75) is 64.3 Å². The van der Waals surface area contributed by atoms with Gasteiger partial charge in [0.2, 0.25) is 0 Å². The van der Waals surface area contributed by atoms with Gasteiger partial charge in [-0.05, 0) is 32.2 Å². The van der Waals surface area contributed by atoms with Crippen molar-refractivity contribution in [1.29, 1.82) is 0 Å². The number of carbonyl (C=O) groups excluding carboxylic acids is 1. The van der Waals surface area contributed by atoms with Crippen molar-refractivity contribution in [3.8, 4) is 0 Å². The first kappa shape index (κ1) is 13.5. The third kappa shape index (κ3) is 2.74.